The molecule has 0 amide bonds. The van der Waals surface area contributed by atoms with Gasteiger partial charge in [0.25, 0.3) is 0 Å². The van der Waals surface area contributed by atoms with Crippen LogP contribution < -0.4 is 5.73 Å². The van der Waals surface area contributed by atoms with Crippen LogP contribution >= 0.6 is 27.3 Å². The van der Waals surface area contributed by atoms with Crippen LogP contribution in [0.4, 0.5) is 0 Å². The minimum atomic E-state index is -0.00851. The zero-order chi connectivity index (χ0) is 15.2. The predicted octanol–water partition coefficient (Wildman–Crippen LogP) is 3.39. The number of rotatable bonds is 7. The maximum absolute atomic E-state index is 9.41. The van der Waals surface area contributed by atoms with Crippen molar-refractivity contribution in [1.29, 1.82) is 0 Å². The van der Waals surface area contributed by atoms with Crippen molar-refractivity contribution in [3.8, 4) is 0 Å². The lowest BCUT2D eigenvalue weighted by molar-refractivity contribution is 0.131. The number of aliphatic hydroxyl groups is 1. The van der Waals surface area contributed by atoms with E-state index in [0.29, 0.717) is 6.54 Å². The maximum atomic E-state index is 9.41. The van der Waals surface area contributed by atoms with E-state index in [1.807, 2.05) is 25.1 Å². The molecule has 114 valence electrons. The Hall–Kier alpha value is -0.720. The molecule has 1 aromatic carbocycles. The van der Waals surface area contributed by atoms with Gasteiger partial charge in [-0.3, -0.25) is 4.90 Å². The first-order valence-corrected chi connectivity index (χ1v) is 8.62. The Morgan fingerprint density at radius 2 is 1.95 bits per heavy atom. The van der Waals surface area contributed by atoms with E-state index in [0.717, 1.165) is 10.3 Å². The summed E-state index contributed by atoms with van der Waals surface area (Å²) in [5.74, 6) is 0. The van der Waals surface area contributed by atoms with Crippen LogP contribution in [-0.2, 0) is 6.54 Å². The fourth-order valence-corrected chi connectivity index (χ4v) is 4.20. The van der Waals surface area contributed by atoms with Gasteiger partial charge in [-0.25, -0.2) is 0 Å². The molecule has 3 N–H and O–H groups in total. The second kappa shape index (κ2) is 8.06. The van der Waals surface area contributed by atoms with Crippen molar-refractivity contribution in [3.63, 3.8) is 0 Å². The Kier molecular flexibility index (Phi) is 6.39. The van der Waals surface area contributed by atoms with Crippen molar-refractivity contribution >= 4 is 27.3 Å². The lowest BCUT2D eigenvalue weighted by Gasteiger charge is -2.33. The highest BCUT2D eigenvalue weighted by atomic mass is 79.9. The molecule has 2 aromatic rings. The number of halogens is 1. The lowest BCUT2D eigenvalue weighted by atomic mass is 10.1. The lowest BCUT2D eigenvalue weighted by Crippen LogP contribution is -2.40. The van der Waals surface area contributed by atoms with E-state index in [1.165, 1.54) is 10.4 Å². The van der Waals surface area contributed by atoms with E-state index >= 15 is 0 Å². The molecule has 0 radical (unpaired) electrons. The molecule has 0 spiro atoms. The number of nitrogens with zero attached hydrogens (tertiary/aromatic N) is 1. The van der Waals surface area contributed by atoms with Gasteiger partial charge in [0.15, 0.2) is 0 Å². The Balaban J connectivity index is 2.24. The van der Waals surface area contributed by atoms with Gasteiger partial charge < -0.3 is 10.8 Å². The fourth-order valence-electron chi connectivity index (χ4n) is 2.52. The zero-order valence-corrected chi connectivity index (χ0v) is 14.5. The summed E-state index contributed by atoms with van der Waals surface area (Å²) in [6.07, 6.45) is 0. The summed E-state index contributed by atoms with van der Waals surface area (Å²) in [7, 11) is 0. The highest BCUT2D eigenvalue weighted by Crippen LogP contribution is 2.33. The van der Waals surface area contributed by atoms with Crippen LogP contribution in [0.25, 0.3) is 0 Å². The SMILES string of the molecule is CC(N)C(c1ccc(Br)s1)N(CCO)Cc1ccccc1. The van der Waals surface area contributed by atoms with Crippen LogP contribution in [0, 0.1) is 0 Å². The number of aliphatic hydroxyl groups excluding tert-OH is 1. The number of hydrogen-bond acceptors (Lipinski definition) is 4. The first-order chi connectivity index (χ1) is 10.1. The van der Waals surface area contributed by atoms with Crippen LogP contribution in [-0.4, -0.2) is 29.2 Å². The van der Waals surface area contributed by atoms with E-state index in [-0.39, 0.29) is 18.7 Å². The van der Waals surface area contributed by atoms with Crippen LogP contribution in [0.15, 0.2) is 46.3 Å². The van der Waals surface area contributed by atoms with E-state index in [1.54, 1.807) is 11.3 Å². The van der Waals surface area contributed by atoms with E-state index in [4.69, 9.17) is 5.73 Å². The maximum Gasteiger partial charge on any atom is 0.0702 e. The molecule has 0 aliphatic carbocycles. The largest absolute Gasteiger partial charge is 0.395 e. The molecule has 0 saturated carbocycles. The van der Waals surface area contributed by atoms with Gasteiger partial charge in [-0.1, -0.05) is 30.3 Å². The summed E-state index contributed by atoms with van der Waals surface area (Å²) in [6.45, 7) is 3.54. The quantitative estimate of drug-likeness (QED) is 0.787. The molecular formula is C16H21BrN2OS. The summed E-state index contributed by atoms with van der Waals surface area (Å²) in [5, 5.41) is 9.41. The molecule has 3 nitrogen and oxygen atoms in total. The van der Waals surface area contributed by atoms with Gasteiger partial charge in [-0.15, -0.1) is 11.3 Å². The molecule has 0 saturated heterocycles. The van der Waals surface area contributed by atoms with Gasteiger partial charge in [-0.05, 0) is 40.5 Å². The minimum Gasteiger partial charge on any atom is -0.395 e. The van der Waals surface area contributed by atoms with Crippen molar-refractivity contribution in [1.82, 2.24) is 4.90 Å². The molecule has 5 heteroatoms. The Labute approximate surface area is 138 Å². The van der Waals surface area contributed by atoms with Crippen molar-refractivity contribution in [2.24, 2.45) is 5.73 Å². The van der Waals surface area contributed by atoms with Crippen LogP contribution in [0.2, 0.25) is 0 Å². The molecule has 1 aromatic heterocycles. The summed E-state index contributed by atoms with van der Waals surface area (Å²) in [4.78, 5) is 3.47. The summed E-state index contributed by atoms with van der Waals surface area (Å²) < 4.78 is 1.10. The molecular weight excluding hydrogens is 348 g/mol. The van der Waals surface area contributed by atoms with Crippen molar-refractivity contribution in [2.45, 2.75) is 25.6 Å². The number of nitrogens with two attached hydrogens (primary N) is 1. The molecule has 2 unspecified atom stereocenters. The Morgan fingerprint density at radius 1 is 1.24 bits per heavy atom. The average molecular weight is 369 g/mol. The second-order valence-corrected chi connectivity index (χ2v) is 7.62. The van der Waals surface area contributed by atoms with Gasteiger partial charge in [0.2, 0.25) is 0 Å². The smallest absolute Gasteiger partial charge is 0.0702 e. The monoisotopic (exact) mass is 368 g/mol. The van der Waals surface area contributed by atoms with Gasteiger partial charge in [0, 0.05) is 24.0 Å². The third kappa shape index (κ3) is 4.63. The summed E-state index contributed by atoms with van der Waals surface area (Å²) in [6, 6.07) is 14.6. The highest BCUT2D eigenvalue weighted by Gasteiger charge is 2.25. The topological polar surface area (TPSA) is 49.5 Å². The Bertz CT molecular complexity index is 544. The molecule has 0 bridgehead atoms. The van der Waals surface area contributed by atoms with Gasteiger partial charge in [0.05, 0.1) is 16.4 Å². The molecule has 21 heavy (non-hydrogen) atoms. The third-order valence-corrected chi connectivity index (χ3v) is 5.09. The number of benzene rings is 1. The normalized spacial score (nSPS) is 14.3. The van der Waals surface area contributed by atoms with E-state index in [9.17, 15) is 5.11 Å². The van der Waals surface area contributed by atoms with E-state index in [2.05, 4.69) is 45.1 Å². The first-order valence-electron chi connectivity index (χ1n) is 7.01. The standard InChI is InChI=1S/C16H21BrN2OS/c1-12(18)16(14-7-8-15(17)21-14)19(9-10-20)11-13-5-3-2-4-6-13/h2-8,12,16,20H,9-11,18H2,1H3. The zero-order valence-electron chi connectivity index (χ0n) is 12.1. The van der Waals surface area contributed by atoms with Crippen LogP contribution in [0.3, 0.4) is 0 Å². The molecule has 0 fully saturated rings. The first kappa shape index (κ1) is 16.6. The highest BCUT2D eigenvalue weighted by molar-refractivity contribution is 9.11. The van der Waals surface area contributed by atoms with Gasteiger partial charge in [0.1, 0.15) is 0 Å². The molecule has 0 aliphatic rings. The van der Waals surface area contributed by atoms with E-state index < -0.39 is 0 Å². The van der Waals surface area contributed by atoms with Crippen molar-refractivity contribution in [2.75, 3.05) is 13.2 Å². The molecule has 0 aliphatic heterocycles. The second-order valence-electron chi connectivity index (χ2n) is 5.13. The van der Waals surface area contributed by atoms with Gasteiger partial charge >= 0.3 is 0 Å². The number of thiophene rings is 1. The molecule has 2 atom stereocenters. The van der Waals surface area contributed by atoms with Crippen molar-refractivity contribution in [3.05, 3.63) is 56.7 Å². The number of hydrogen-bond donors (Lipinski definition) is 2. The van der Waals surface area contributed by atoms with Gasteiger partial charge in [-0.2, -0.15) is 0 Å². The predicted molar refractivity (Wildman–Crippen MR) is 92.3 cm³/mol. The van der Waals surface area contributed by atoms with Crippen LogP contribution in [0.1, 0.15) is 23.4 Å². The average Bonchev–Trinajstić information content (AvgIpc) is 2.86. The Morgan fingerprint density at radius 3 is 2.48 bits per heavy atom. The minimum absolute atomic E-state index is 0.00851. The summed E-state index contributed by atoms with van der Waals surface area (Å²) >= 11 is 5.22. The van der Waals surface area contributed by atoms with Crippen LogP contribution in [0.5, 0.6) is 0 Å². The molecule has 1 heterocycles. The summed E-state index contributed by atoms with van der Waals surface area (Å²) in [5.41, 5.74) is 7.46. The van der Waals surface area contributed by atoms with Crippen molar-refractivity contribution < 1.29 is 5.11 Å². The fraction of sp³-hybridized carbons (Fsp3) is 0.375. The third-order valence-electron chi connectivity index (χ3n) is 3.39. The molecule has 2 rings (SSSR count).